The third-order valence-corrected chi connectivity index (χ3v) is 3.80. The zero-order valence-electron chi connectivity index (χ0n) is 13.2. The summed E-state index contributed by atoms with van der Waals surface area (Å²) in [4.78, 5) is 34.7. The molecule has 1 aliphatic rings. The van der Waals surface area contributed by atoms with Crippen molar-refractivity contribution < 1.29 is 24.2 Å². The van der Waals surface area contributed by atoms with Crippen LogP contribution < -0.4 is 10.1 Å². The molecular formula is C17H21NO5. The summed E-state index contributed by atoms with van der Waals surface area (Å²) in [6, 6.07) is 5.66. The SMILES string of the molecule is CC(=O)c1cccc(OC(C)C(=O)NC(CC2CC2)C(=O)O)c1. The minimum atomic E-state index is -1.03. The number of rotatable bonds is 8. The van der Waals surface area contributed by atoms with E-state index in [4.69, 9.17) is 4.74 Å². The predicted octanol–water partition coefficient (Wildman–Crippen LogP) is 2.03. The molecule has 2 N–H and O–H groups in total. The number of Topliss-reactive ketones (excluding diaryl/α,β-unsaturated/α-hetero) is 1. The van der Waals surface area contributed by atoms with Gasteiger partial charge in [-0.1, -0.05) is 25.0 Å². The molecule has 2 atom stereocenters. The third-order valence-electron chi connectivity index (χ3n) is 3.80. The summed E-state index contributed by atoms with van der Waals surface area (Å²) in [6.45, 7) is 3.00. The van der Waals surface area contributed by atoms with E-state index in [2.05, 4.69) is 5.32 Å². The smallest absolute Gasteiger partial charge is 0.326 e. The molecule has 0 spiro atoms. The number of carboxylic acids is 1. The van der Waals surface area contributed by atoms with Gasteiger partial charge in [-0.2, -0.15) is 0 Å². The molecule has 1 aliphatic carbocycles. The molecule has 0 heterocycles. The molecule has 1 aromatic carbocycles. The third kappa shape index (κ3) is 5.09. The molecule has 124 valence electrons. The number of carbonyl (C=O) groups is 3. The first-order valence-electron chi connectivity index (χ1n) is 7.67. The van der Waals surface area contributed by atoms with E-state index in [9.17, 15) is 19.5 Å². The maximum Gasteiger partial charge on any atom is 0.326 e. The Morgan fingerprint density at radius 2 is 2.04 bits per heavy atom. The van der Waals surface area contributed by atoms with Gasteiger partial charge in [0, 0.05) is 5.56 Å². The van der Waals surface area contributed by atoms with Crippen molar-refractivity contribution in [1.82, 2.24) is 5.32 Å². The van der Waals surface area contributed by atoms with E-state index in [0.717, 1.165) is 12.8 Å². The molecule has 0 bridgehead atoms. The van der Waals surface area contributed by atoms with E-state index in [0.29, 0.717) is 23.7 Å². The number of carboxylic acid groups (broad SMARTS) is 1. The lowest BCUT2D eigenvalue weighted by Gasteiger charge is -2.19. The van der Waals surface area contributed by atoms with Crippen molar-refractivity contribution >= 4 is 17.7 Å². The van der Waals surface area contributed by atoms with E-state index >= 15 is 0 Å². The molecule has 1 amide bonds. The van der Waals surface area contributed by atoms with Crippen LogP contribution in [0.5, 0.6) is 5.75 Å². The summed E-state index contributed by atoms with van der Waals surface area (Å²) in [7, 11) is 0. The summed E-state index contributed by atoms with van der Waals surface area (Å²) >= 11 is 0. The van der Waals surface area contributed by atoms with Gasteiger partial charge in [0.1, 0.15) is 11.8 Å². The first kappa shape index (κ1) is 17.0. The van der Waals surface area contributed by atoms with E-state index < -0.39 is 24.0 Å². The zero-order valence-corrected chi connectivity index (χ0v) is 13.2. The molecule has 2 rings (SSSR count). The fourth-order valence-corrected chi connectivity index (χ4v) is 2.24. The highest BCUT2D eigenvalue weighted by atomic mass is 16.5. The van der Waals surface area contributed by atoms with Crippen LogP contribution in [-0.2, 0) is 9.59 Å². The Morgan fingerprint density at radius 3 is 2.61 bits per heavy atom. The monoisotopic (exact) mass is 319 g/mol. The summed E-state index contributed by atoms with van der Waals surface area (Å²) in [5, 5.41) is 11.7. The van der Waals surface area contributed by atoms with Gasteiger partial charge in [-0.05, 0) is 38.3 Å². The number of ether oxygens (including phenoxy) is 1. The number of aliphatic carboxylic acids is 1. The Hall–Kier alpha value is -2.37. The van der Waals surface area contributed by atoms with Crippen LogP contribution in [0.3, 0.4) is 0 Å². The predicted molar refractivity (Wildman–Crippen MR) is 83.4 cm³/mol. The van der Waals surface area contributed by atoms with Gasteiger partial charge in [-0.25, -0.2) is 4.79 Å². The Balaban J connectivity index is 1.94. The van der Waals surface area contributed by atoms with Crippen LogP contribution in [0.25, 0.3) is 0 Å². The van der Waals surface area contributed by atoms with Crippen molar-refractivity contribution in [2.24, 2.45) is 5.92 Å². The van der Waals surface area contributed by atoms with Gasteiger partial charge < -0.3 is 15.2 Å². The molecule has 0 saturated heterocycles. The Labute approximate surface area is 134 Å². The van der Waals surface area contributed by atoms with E-state index in [1.807, 2.05) is 0 Å². The standard InChI is InChI=1S/C17H21NO5/c1-10(19)13-4-3-5-14(9-13)23-11(2)16(20)18-15(17(21)22)8-12-6-7-12/h3-5,9,11-12,15H,6-8H2,1-2H3,(H,18,20)(H,21,22). The second-order valence-electron chi connectivity index (χ2n) is 5.92. The average Bonchev–Trinajstić information content (AvgIpc) is 3.30. The molecule has 0 aromatic heterocycles. The largest absolute Gasteiger partial charge is 0.481 e. The molecule has 0 aliphatic heterocycles. The van der Waals surface area contributed by atoms with Crippen molar-refractivity contribution in [2.75, 3.05) is 0 Å². The minimum Gasteiger partial charge on any atom is -0.481 e. The van der Waals surface area contributed by atoms with E-state index in [1.165, 1.54) is 6.92 Å². The number of nitrogens with one attached hydrogen (secondary N) is 1. The lowest BCUT2D eigenvalue weighted by molar-refractivity contribution is -0.143. The highest BCUT2D eigenvalue weighted by Crippen LogP contribution is 2.33. The van der Waals surface area contributed by atoms with Crippen LogP contribution in [0.2, 0.25) is 0 Å². The van der Waals surface area contributed by atoms with Gasteiger partial charge in [0.25, 0.3) is 5.91 Å². The van der Waals surface area contributed by atoms with Gasteiger partial charge in [0.15, 0.2) is 11.9 Å². The zero-order chi connectivity index (χ0) is 17.0. The Bertz CT molecular complexity index is 609. The summed E-state index contributed by atoms with van der Waals surface area (Å²) in [5.74, 6) is -0.820. The first-order valence-corrected chi connectivity index (χ1v) is 7.67. The lowest BCUT2D eigenvalue weighted by atomic mass is 10.1. The minimum absolute atomic E-state index is 0.0945. The first-order chi connectivity index (χ1) is 10.9. The fourth-order valence-electron chi connectivity index (χ4n) is 2.24. The van der Waals surface area contributed by atoms with Gasteiger partial charge >= 0.3 is 5.97 Å². The molecule has 2 unspecified atom stereocenters. The van der Waals surface area contributed by atoms with Gasteiger partial charge in [-0.3, -0.25) is 9.59 Å². The molecule has 1 fully saturated rings. The van der Waals surface area contributed by atoms with Crippen molar-refractivity contribution in [3.63, 3.8) is 0 Å². The van der Waals surface area contributed by atoms with Gasteiger partial charge in [-0.15, -0.1) is 0 Å². The van der Waals surface area contributed by atoms with Gasteiger partial charge in [0.2, 0.25) is 0 Å². The van der Waals surface area contributed by atoms with Crippen molar-refractivity contribution in [3.8, 4) is 5.75 Å². The molecular weight excluding hydrogens is 298 g/mol. The van der Waals surface area contributed by atoms with Crippen LogP contribution in [-0.4, -0.2) is 34.9 Å². The maximum absolute atomic E-state index is 12.1. The number of carbonyl (C=O) groups excluding carboxylic acids is 2. The average molecular weight is 319 g/mol. The van der Waals surface area contributed by atoms with Crippen LogP contribution in [0, 0.1) is 5.92 Å². The van der Waals surface area contributed by atoms with Crippen molar-refractivity contribution in [1.29, 1.82) is 0 Å². The quantitative estimate of drug-likeness (QED) is 0.715. The topological polar surface area (TPSA) is 92.7 Å². The molecule has 23 heavy (non-hydrogen) atoms. The Morgan fingerprint density at radius 1 is 1.35 bits per heavy atom. The van der Waals surface area contributed by atoms with Crippen LogP contribution in [0.4, 0.5) is 0 Å². The van der Waals surface area contributed by atoms with E-state index in [-0.39, 0.29) is 5.78 Å². The van der Waals surface area contributed by atoms with Crippen LogP contribution in [0.1, 0.15) is 43.5 Å². The molecule has 1 aromatic rings. The number of amides is 1. The molecule has 6 heteroatoms. The summed E-state index contributed by atoms with van der Waals surface area (Å²) < 4.78 is 5.51. The summed E-state index contributed by atoms with van der Waals surface area (Å²) in [6.07, 6.45) is 1.64. The second-order valence-corrected chi connectivity index (χ2v) is 5.92. The molecule has 1 saturated carbocycles. The highest BCUT2D eigenvalue weighted by molar-refractivity contribution is 5.94. The van der Waals surface area contributed by atoms with Gasteiger partial charge in [0.05, 0.1) is 0 Å². The van der Waals surface area contributed by atoms with Crippen molar-refractivity contribution in [3.05, 3.63) is 29.8 Å². The summed E-state index contributed by atoms with van der Waals surface area (Å²) in [5.41, 5.74) is 0.493. The normalized spacial score (nSPS) is 16.3. The maximum atomic E-state index is 12.1. The number of benzene rings is 1. The highest BCUT2D eigenvalue weighted by Gasteiger charge is 2.31. The molecule has 0 radical (unpaired) electrons. The van der Waals surface area contributed by atoms with Crippen LogP contribution >= 0.6 is 0 Å². The second kappa shape index (κ2) is 7.26. The number of hydrogen-bond acceptors (Lipinski definition) is 4. The van der Waals surface area contributed by atoms with E-state index in [1.54, 1.807) is 31.2 Å². The lowest BCUT2D eigenvalue weighted by Crippen LogP contribution is -2.46. The van der Waals surface area contributed by atoms with Crippen LogP contribution in [0.15, 0.2) is 24.3 Å². The van der Waals surface area contributed by atoms with Crippen molar-refractivity contribution in [2.45, 2.75) is 45.3 Å². The number of hydrogen-bond donors (Lipinski definition) is 2. The Kier molecular flexibility index (Phi) is 5.36. The fraction of sp³-hybridized carbons (Fsp3) is 0.471. The number of ketones is 1. The molecule has 6 nitrogen and oxygen atoms in total.